The van der Waals surface area contributed by atoms with Crippen LogP contribution in [0.1, 0.15) is 11.3 Å². The van der Waals surface area contributed by atoms with E-state index in [9.17, 15) is 10.0 Å². The average molecular weight is 313 g/mol. The Kier molecular flexibility index (Phi) is 4.34. The van der Waals surface area contributed by atoms with Crippen molar-refractivity contribution in [1.82, 2.24) is 9.66 Å². The number of anilines is 1. The SMILES string of the molecule is Cc1cn(N=Cc2ccc(Cl)c(B(O)O)c2Cl)c(N)n1. The Bertz CT molecular complexity index is 673. The fraction of sp³-hybridized carbons (Fsp3) is 0.0909. The number of halogens is 2. The van der Waals surface area contributed by atoms with Crippen LogP contribution >= 0.6 is 23.2 Å². The first-order valence-corrected chi connectivity index (χ1v) is 6.35. The highest BCUT2D eigenvalue weighted by atomic mass is 35.5. The molecule has 0 aliphatic rings. The van der Waals surface area contributed by atoms with Crippen LogP contribution in [-0.4, -0.2) is 33.0 Å². The molecule has 0 saturated carbocycles. The summed E-state index contributed by atoms with van der Waals surface area (Å²) in [6.07, 6.45) is 3.08. The van der Waals surface area contributed by atoms with Gasteiger partial charge in [0.15, 0.2) is 0 Å². The molecule has 2 rings (SSSR count). The van der Waals surface area contributed by atoms with Crippen molar-refractivity contribution in [3.05, 3.63) is 39.6 Å². The molecule has 6 nitrogen and oxygen atoms in total. The number of hydrogen-bond donors (Lipinski definition) is 3. The molecule has 1 aromatic heterocycles. The lowest BCUT2D eigenvalue weighted by Gasteiger charge is -2.08. The lowest BCUT2D eigenvalue weighted by molar-refractivity contribution is 0.426. The Morgan fingerprint density at radius 3 is 2.65 bits per heavy atom. The van der Waals surface area contributed by atoms with E-state index in [1.165, 1.54) is 17.0 Å². The largest absolute Gasteiger partial charge is 0.491 e. The van der Waals surface area contributed by atoms with Crippen LogP contribution in [0.15, 0.2) is 23.4 Å². The molecule has 0 amide bonds. The first-order chi connectivity index (χ1) is 9.40. The summed E-state index contributed by atoms with van der Waals surface area (Å²) in [4.78, 5) is 4.00. The number of aromatic nitrogens is 2. The maximum atomic E-state index is 9.25. The van der Waals surface area contributed by atoms with Gasteiger partial charge in [0, 0.05) is 16.0 Å². The third kappa shape index (κ3) is 2.96. The maximum Gasteiger partial charge on any atom is 0.491 e. The zero-order chi connectivity index (χ0) is 14.9. The van der Waals surface area contributed by atoms with Gasteiger partial charge in [-0.15, -0.1) is 0 Å². The molecule has 0 saturated heterocycles. The quantitative estimate of drug-likeness (QED) is 0.572. The van der Waals surface area contributed by atoms with Crippen molar-refractivity contribution in [2.45, 2.75) is 6.92 Å². The van der Waals surface area contributed by atoms with Crippen LogP contribution in [0.2, 0.25) is 10.0 Å². The molecule has 0 unspecified atom stereocenters. The van der Waals surface area contributed by atoms with Crippen molar-refractivity contribution >= 4 is 47.9 Å². The van der Waals surface area contributed by atoms with Crippen LogP contribution in [0.3, 0.4) is 0 Å². The highest BCUT2D eigenvalue weighted by molar-refractivity contribution is 6.66. The number of rotatable bonds is 3. The number of imidazole rings is 1. The van der Waals surface area contributed by atoms with Crippen LogP contribution in [-0.2, 0) is 0 Å². The summed E-state index contributed by atoms with van der Waals surface area (Å²) in [6.45, 7) is 1.79. The van der Waals surface area contributed by atoms with Crippen molar-refractivity contribution in [1.29, 1.82) is 0 Å². The molecule has 2 aromatic rings. The van der Waals surface area contributed by atoms with Gasteiger partial charge in [-0.2, -0.15) is 5.10 Å². The minimum Gasteiger partial charge on any atom is -0.423 e. The molecule has 0 radical (unpaired) electrons. The van der Waals surface area contributed by atoms with Crippen LogP contribution in [0.25, 0.3) is 0 Å². The Hall–Kier alpha value is -1.54. The fourth-order valence-electron chi connectivity index (χ4n) is 1.64. The van der Waals surface area contributed by atoms with Crippen molar-refractivity contribution < 1.29 is 10.0 Å². The van der Waals surface area contributed by atoms with E-state index in [0.717, 1.165) is 5.69 Å². The lowest BCUT2D eigenvalue weighted by Crippen LogP contribution is -2.32. The number of aryl methyl sites for hydroxylation is 1. The molecule has 0 bridgehead atoms. The predicted molar refractivity (Wildman–Crippen MR) is 80.7 cm³/mol. The van der Waals surface area contributed by atoms with Gasteiger partial charge in [-0.05, 0) is 13.0 Å². The van der Waals surface area contributed by atoms with E-state index >= 15 is 0 Å². The minimum absolute atomic E-state index is 0.0343. The summed E-state index contributed by atoms with van der Waals surface area (Å²) >= 11 is 11.9. The van der Waals surface area contributed by atoms with Gasteiger partial charge in [-0.3, -0.25) is 0 Å². The van der Waals surface area contributed by atoms with E-state index < -0.39 is 7.12 Å². The van der Waals surface area contributed by atoms with Crippen LogP contribution in [0.5, 0.6) is 0 Å². The maximum absolute atomic E-state index is 9.25. The summed E-state index contributed by atoms with van der Waals surface area (Å²) < 4.78 is 1.38. The second-order valence-electron chi connectivity index (χ2n) is 4.07. The van der Waals surface area contributed by atoms with Crippen molar-refractivity contribution in [2.24, 2.45) is 5.10 Å². The second kappa shape index (κ2) is 5.84. The molecule has 0 aliphatic heterocycles. The Balaban J connectivity index is 2.39. The van der Waals surface area contributed by atoms with Gasteiger partial charge < -0.3 is 15.8 Å². The van der Waals surface area contributed by atoms with Crippen LogP contribution in [0.4, 0.5) is 5.95 Å². The van der Waals surface area contributed by atoms with Crippen molar-refractivity contribution in [2.75, 3.05) is 5.73 Å². The van der Waals surface area contributed by atoms with Crippen LogP contribution < -0.4 is 11.2 Å². The van der Waals surface area contributed by atoms with Crippen molar-refractivity contribution in [3.8, 4) is 0 Å². The molecule has 20 heavy (non-hydrogen) atoms. The monoisotopic (exact) mass is 312 g/mol. The average Bonchev–Trinajstić information content (AvgIpc) is 2.66. The van der Waals surface area contributed by atoms with E-state index in [-0.39, 0.29) is 21.5 Å². The van der Waals surface area contributed by atoms with E-state index in [0.29, 0.717) is 5.56 Å². The normalized spacial score (nSPS) is 11.2. The minimum atomic E-state index is -1.76. The van der Waals surface area contributed by atoms with Gasteiger partial charge in [0.05, 0.1) is 23.1 Å². The van der Waals surface area contributed by atoms with E-state index in [4.69, 9.17) is 28.9 Å². The van der Waals surface area contributed by atoms with Crippen LogP contribution in [0, 0.1) is 6.92 Å². The molecule has 1 heterocycles. The van der Waals surface area contributed by atoms with E-state index in [2.05, 4.69) is 10.1 Å². The summed E-state index contributed by atoms with van der Waals surface area (Å²) in [5.74, 6) is 0.242. The zero-order valence-corrected chi connectivity index (χ0v) is 12.0. The third-order valence-electron chi connectivity index (χ3n) is 2.57. The fourth-order valence-corrected chi connectivity index (χ4v) is 2.26. The Morgan fingerprint density at radius 2 is 2.10 bits per heavy atom. The molecular formula is C11H11BCl2N4O2. The molecule has 0 aliphatic carbocycles. The number of hydrogen-bond acceptors (Lipinski definition) is 5. The molecule has 0 fully saturated rings. The smallest absolute Gasteiger partial charge is 0.423 e. The molecule has 0 spiro atoms. The van der Waals surface area contributed by atoms with Gasteiger partial charge in [0.1, 0.15) is 0 Å². The van der Waals surface area contributed by atoms with Gasteiger partial charge in [-0.25, -0.2) is 9.66 Å². The second-order valence-corrected chi connectivity index (χ2v) is 4.85. The standard InChI is InChI=1S/C11H11BCl2N4O2/c1-6-5-18(11(15)17-6)16-4-7-2-3-8(13)9(10(7)14)12(19)20/h2-5,19-20H,1H3,(H2,15,17). The lowest BCUT2D eigenvalue weighted by atomic mass is 9.79. The first kappa shape index (κ1) is 14.9. The molecular weight excluding hydrogens is 302 g/mol. The summed E-state index contributed by atoms with van der Waals surface area (Å²) in [7, 11) is -1.76. The Labute approximate surface area is 125 Å². The zero-order valence-electron chi connectivity index (χ0n) is 10.5. The molecule has 9 heteroatoms. The van der Waals surface area contributed by atoms with Gasteiger partial charge in [0.2, 0.25) is 5.95 Å². The number of benzene rings is 1. The van der Waals surface area contributed by atoms with Gasteiger partial charge in [0.25, 0.3) is 0 Å². The highest BCUT2D eigenvalue weighted by Gasteiger charge is 2.21. The summed E-state index contributed by atoms with van der Waals surface area (Å²) in [5.41, 5.74) is 6.89. The molecule has 0 atom stereocenters. The summed E-state index contributed by atoms with van der Waals surface area (Å²) in [6, 6.07) is 3.12. The van der Waals surface area contributed by atoms with Gasteiger partial charge in [-0.1, -0.05) is 29.3 Å². The van der Waals surface area contributed by atoms with Gasteiger partial charge >= 0.3 is 7.12 Å². The van der Waals surface area contributed by atoms with Crippen molar-refractivity contribution in [3.63, 3.8) is 0 Å². The number of nitrogen functional groups attached to an aromatic ring is 1. The highest BCUT2D eigenvalue weighted by Crippen LogP contribution is 2.18. The first-order valence-electron chi connectivity index (χ1n) is 5.60. The molecule has 1 aromatic carbocycles. The number of nitrogens with two attached hydrogens (primary N) is 1. The third-order valence-corrected chi connectivity index (χ3v) is 3.32. The molecule has 4 N–H and O–H groups in total. The topological polar surface area (TPSA) is 96.7 Å². The van der Waals surface area contributed by atoms with E-state index in [1.807, 2.05) is 0 Å². The summed E-state index contributed by atoms with van der Waals surface area (Å²) in [5, 5.41) is 22.9. The van der Waals surface area contributed by atoms with E-state index in [1.54, 1.807) is 19.2 Å². The number of nitrogens with zero attached hydrogens (tertiary/aromatic N) is 3. The predicted octanol–water partition coefficient (Wildman–Crippen LogP) is 0.643. The Morgan fingerprint density at radius 1 is 1.40 bits per heavy atom. The molecule has 104 valence electrons.